The van der Waals surface area contributed by atoms with Gasteiger partial charge in [-0.15, -0.1) is 0 Å². The molecule has 0 aliphatic carbocycles. The molecule has 29 heavy (non-hydrogen) atoms. The first-order valence-electron chi connectivity index (χ1n) is 8.83. The summed E-state index contributed by atoms with van der Waals surface area (Å²) in [5.74, 6) is 0.612. The molecule has 0 aliphatic heterocycles. The first kappa shape index (κ1) is 19.0. The summed E-state index contributed by atoms with van der Waals surface area (Å²) in [7, 11) is 1.63. The highest BCUT2D eigenvalue weighted by Gasteiger charge is 2.17. The number of aromatic nitrogens is 3. The Morgan fingerprint density at radius 2 is 1.90 bits per heavy atom. The second-order valence-electron chi connectivity index (χ2n) is 6.51. The molecule has 8 heteroatoms. The molecule has 0 aliphatic rings. The lowest BCUT2D eigenvalue weighted by Gasteiger charge is -2.10. The molecule has 0 bridgehead atoms. The van der Waals surface area contributed by atoms with Gasteiger partial charge in [0.05, 0.1) is 35.4 Å². The van der Waals surface area contributed by atoms with E-state index in [0.29, 0.717) is 23.3 Å². The average Bonchev–Trinajstić information content (AvgIpc) is 3.03. The van der Waals surface area contributed by atoms with Gasteiger partial charge >= 0.3 is 0 Å². The predicted octanol–water partition coefficient (Wildman–Crippen LogP) is 4.96. The summed E-state index contributed by atoms with van der Waals surface area (Å²) >= 11 is 6.01. The summed E-state index contributed by atoms with van der Waals surface area (Å²) in [6.45, 7) is 2.38. The largest absolute Gasteiger partial charge is 0.497 e. The molecule has 6 nitrogen and oxygen atoms in total. The lowest BCUT2D eigenvalue weighted by atomic mass is 10.2. The second kappa shape index (κ2) is 7.60. The number of nitrogen functional groups attached to an aromatic ring is 1. The van der Waals surface area contributed by atoms with Crippen LogP contribution in [0.4, 0.5) is 10.1 Å². The van der Waals surface area contributed by atoms with Crippen molar-refractivity contribution in [3.8, 4) is 17.2 Å². The van der Waals surface area contributed by atoms with Gasteiger partial charge in [-0.3, -0.25) is 0 Å². The minimum absolute atomic E-state index is 0.0148. The summed E-state index contributed by atoms with van der Waals surface area (Å²) in [5, 5.41) is 5.51. The van der Waals surface area contributed by atoms with E-state index < -0.39 is 5.82 Å². The summed E-state index contributed by atoms with van der Waals surface area (Å²) in [4.78, 5) is 4.44. The van der Waals surface area contributed by atoms with E-state index in [1.54, 1.807) is 24.1 Å². The molecule has 0 atom stereocenters. The number of nitrogens with two attached hydrogens (primary N) is 1. The minimum Gasteiger partial charge on any atom is -0.497 e. The zero-order chi connectivity index (χ0) is 20.5. The van der Waals surface area contributed by atoms with E-state index in [1.807, 2.05) is 31.2 Å². The molecule has 4 aromatic rings. The van der Waals surface area contributed by atoms with Crippen LogP contribution in [0, 0.1) is 12.7 Å². The molecule has 0 saturated carbocycles. The van der Waals surface area contributed by atoms with E-state index in [1.165, 1.54) is 6.07 Å². The van der Waals surface area contributed by atoms with Gasteiger partial charge in [0.1, 0.15) is 11.5 Å². The lowest BCUT2D eigenvalue weighted by molar-refractivity contribution is 0.414. The predicted molar refractivity (Wildman–Crippen MR) is 110 cm³/mol. The summed E-state index contributed by atoms with van der Waals surface area (Å²) < 4.78 is 27.0. The molecule has 0 fully saturated rings. The van der Waals surface area contributed by atoms with Crippen LogP contribution in [0.5, 0.6) is 17.2 Å². The zero-order valence-electron chi connectivity index (χ0n) is 15.8. The van der Waals surface area contributed by atoms with E-state index in [0.717, 1.165) is 23.1 Å². The Bertz CT molecular complexity index is 1190. The van der Waals surface area contributed by atoms with Crippen LogP contribution >= 0.6 is 11.6 Å². The number of nitrogens with zero attached hydrogens (tertiary/aromatic N) is 3. The molecular formula is C21H18ClFN4O2. The van der Waals surface area contributed by atoms with Crippen LogP contribution in [0.1, 0.15) is 11.3 Å². The molecule has 2 aromatic heterocycles. The van der Waals surface area contributed by atoms with Crippen molar-refractivity contribution in [2.75, 3.05) is 12.8 Å². The number of methoxy groups -OCH3 is 1. The fourth-order valence-electron chi connectivity index (χ4n) is 3.09. The molecule has 2 heterocycles. The standard InChI is InChI=1S/C21H18ClFN4O2/c1-12-20-18(29-19-9-15(22)17(24)10-16(19)23)7-8-25-21(20)27(26-12)11-13-3-5-14(28-2)6-4-13/h3-10H,11,24H2,1-2H3. The number of fused-ring (bicyclic) bond motifs is 1. The summed E-state index contributed by atoms with van der Waals surface area (Å²) in [6.07, 6.45) is 1.60. The summed E-state index contributed by atoms with van der Waals surface area (Å²) in [6, 6.07) is 11.9. The monoisotopic (exact) mass is 412 g/mol. The van der Waals surface area contributed by atoms with Crippen LogP contribution in [-0.4, -0.2) is 21.9 Å². The number of rotatable bonds is 5. The van der Waals surface area contributed by atoms with Crippen molar-refractivity contribution < 1.29 is 13.9 Å². The Labute approximate surface area is 171 Å². The van der Waals surface area contributed by atoms with Crippen molar-refractivity contribution in [2.24, 2.45) is 0 Å². The topological polar surface area (TPSA) is 75.2 Å². The van der Waals surface area contributed by atoms with Gasteiger partial charge in [-0.1, -0.05) is 23.7 Å². The van der Waals surface area contributed by atoms with Gasteiger partial charge in [-0.05, 0) is 30.7 Å². The highest BCUT2D eigenvalue weighted by atomic mass is 35.5. The number of halogens is 2. The van der Waals surface area contributed by atoms with E-state index >= 15 is 0 Å². The highest BCUT2D eigenvalue weighted by molar-refractivity contribution is 6.33. The third kappa shape index (κ3) is 3.69. The Balaban J connectivity index is 1.71. The third-order valence-corrected chi connectivity index (χ3v) is 4.86. The van der Waals surface area contributed by atoms with Crippen LogP contribution < -0.4 is 15.2 Å². The SMILES string of the molecule is COc1ccc(Cn2nc(C)c3c(Oc4cc(Cl)c(N)cc4F)ccnc32)cc1. The number of hydrogen-bond donors (Lipinski definition) is 1. The van der Waals surface area contributed by atoms with Gasteiger partial charge in [0.15, 0.2) is 17.2 Å². The maximum absolute atomic E-state index is 14.3. The number of ether oxygens (including phenoxy) is 2. The van der Waals surface area contributed by atoms with Crippen molar-refractivity contribution in [1.82, 2.24) is 14.8 Å². The Kier molecular flexibility index (Phi) is 4.98. The number of aryl methyl sites for hydroxylation is 1. The normalized spacial score (nSPS) is 11.0. The van der Waals surface area contributed by atoms with E-state index in [2.05, 4.69) is 10.1 Å². The zero-order valence-corrected chi connectivity index (χ0v) is 16.6. The first-order chi connectivity index (χ1) is 14.0. The van der Waals surface area contributed by atoms with Gasteiger partial charge < -0.3 is 15.2 Å². The molecular weight excluding hydrogens is 395 g/mol. The molecule has 4 rings (SSSR count). The van der Waals surface area contributed by atoms with Gasteiger partial charge in [-0.25, -0.2) is 14.1 Å². The molecule has 148 valence electrons. The number of anilines is 1. The van der Waals surface area contributed by atoms with Gasteiger partial charge in [0.25, 0.3) is 0 Å². The quantitative estimate of drug-likeness (QED) is 0.469. The first-order valence-corrected chi connectivity index (χ1v) is 9.21. The van der Waals surface area contributed by atoms with Crippen molar-refractivity contribution in [2.45, 2.75) is 13.5 Å². The second-order valence-corrected chi connectivity index (χ2v) is 6.91. The van der Waals surface area contributed by atoms with Gasteiger partial charge in [-0.2, -0.15) is 5.10 Å². The smallest absolute Gasteiger partial charge is 0.167 e. The van der Waals surface area contributed by atoms with Crippen molar-refractivity contribution >= 4 is 28.3 Å². The van der Waals surface area contributed by atoms with E-state index in [-0.39, 0.29) is 16.5 Å². The molecule has 0 unspecified atom stereocenters. The maximum atomic E-state index is 14.3. The highest BCUT2D eigenvalue weighted by Crippen LogP contribution is 2.35. The Morgan fingerprint density at radius 1 is 1.14 bits per heavy atom. The molecule has 0 amide bonds. The Morgan fingerprint density at radius 3 is 2.62 bits per heavy atom. The van der Waals surface area contributed by atoms with Crippen LogP contribution in [-0.2, 0) is 6.54 Å². The fraction of sp³-hybridized carbons (Fsp3) is 0.143. The number of benzene rings is 2. The van der Waals surface area contributed by atoms with Crippen molar-refractivity contribution in [3.05, 3.63) is 70.8 Å². The molecule has 2 N–H and O–H groups in total. The summed E-state index contributed by atoms with van der Waals surface area (Å²) in [5.41, 5.74) is 8.19. The number of hydrogen-bond acceptors (Lipinski definition) is 5. The fourth-order valence-corrected chi connectivity index (χ4v) is 3.24. The van der Waals surface area contributed by atoms with Gasteiger partial charge in [0.2, 0.25) is 0 Å². The molecule has 0 radical (unpaired) electrons. The Hall–Kier alpha value is -3.32. The van der Waals surface area contributed by atoms with Crippen LogP contribution in [0.25, 0.3) is 11.0 Å². The van der Waals surface area contributed by atoms with Crippen molar-refractivity contribution in [3.63, 3.8) is 0 Å². The lowest BCUT2D eigenvalue weighted by Crippen LogP contribution is -2.03. The number of pyridine rings is 1. The van der Waals surface area contributed by atoms with E-state index in [4.69, 9.17) is 26.8 Å². The van der Waals surface area contributed by atoms with Crippen LogP contribution in [0.2, 0.25) is 5.02 Å². The maximum Gasteiger partial charge on any atom is 0.167 e. The van der Waals surface area contributed by atoms with Gasteiger partial charge in [0, 0.05) is 18.3 Å². The molecule has 0 saturated heterocycles. The average molecular weight is 413 g/mol. The minimum atomic E-state index is -0.597. The molecule has 0 spiro atoms. The van der Waals surface area contributed by atoms with Crippen LogP contribution in [0.15, 0.2) is 48.7 Å². The van der Waals surface area contributed by atoms with Crippen molar-refractivity contribution in [1.29, 1.82) is 0 Å². The molecule has 2 aromatic carbocycles. The van der Waals surface area contributed by atoms with E-state index in [9.17, 15) is 4.39 Å². The van der Waals surface area contributed by atoms with Crippen LogP contribution in [0.3, 0.4) is 0 Å². The third-order valence-electron chi connectivity index (χ3n) is 4.53.